The molecule has 3 heterocycles. The number of aromatic nitrogens is 6. The van der Waals surface area contributed by atoms with Crippen molar-refractivity contribution in [3.8, 4) is 5.75 Å². The molecule has 2 amide bonds. The molecule has 0 atom stereocenters. The van der Waals surface area contributed by atoms with Crippen LogP contribution in [-0.4, -0.2) is 48.9 Å². The lowest BCUT2D eigenvalue weighted by molar-refractivity contribution is -0.116. The lowest BCUT2D eigenvalue weighted by atomic mass is 10.1. The van der Waals surface area contributed by atoms with Crippen LogP contribution in [0, 0.1) is 0 Å². The second-order valence-electron chi connectivity index (χ2n) is 8.45. The fourth-order valence-corrected chi connectivity index (χ4v) is 4.41. The van der Waals surface area contributed by atoms with Crippen molar-refractivity contribution in [2.24, 2.45) is 7.05 Å². The largest absolute Gasteiger partial charge is 0.463 e. The van der Waals surface area contributed by atoms with Gasteiger partial charge in [0.25, 0.3) is 0 Å². The minimum Gasteiger partial charge on any atom is -0.463 e. The quantitative estimate of drug-likeness (QED) is 0.248. The Balaban J connectivity index is 1.15. The van der Waals surface area contributed by atoms with E-state index >= 15 is 0 Å². The SMILES string of the molecule is Cn1ccc(CC(=O)Nc2nnc(CCCCc3ccc(NC(=O)Cc4cccc(OCF)c4)nn3)s2)n1. The van der Waals surface area contributed by atoms with E-state index in [1.54, 1.807) is 54.3 Å². The van der Waals surface area contributed by atoms with Crippen LogP contribution in [0.25, 0.3) is 0 Å². The number of carbonyl (C=O) groups is 2. The lowest BCUT2D eigenvalue weighted by Crippen LogP contribution is -2.16. The summed E-state index contributed by atoms with van der Waals surface area (Å²) in [6.07, 6.45) is 5.31. The first-order valence-electron chi connectivity index (χ1n) is 12.0. The summed E-state index contributed by atoms with van der Waals surface area (Å²) in [4.78, 5) is 24.4. The van der Waals surface area contributed by atoms with Gasteiger partial charge in [0.1, 0.15) is 10.8 Å². The number of hydrogen-bond acceptors (Lipinski definition) is 9. The average molecular weight is 539 g/mol. The predicted octanol–water partition coefficient (Wildman–Crippen LogP) is 3.30. The molecule has 0 aliphatic rings. The van der Waals surface area contributed by atoms with Gasteiger partial charge in [0, 0.05) is 19.7 Å². The number of hydrogen-bond donors (Lipinski definition) is 2. The van der Waals surface area contributed by atoms with Crippen molar-refractivity contribution in [3.05, 3.63) is 70.6 Å². The summed E-state index contributed by atoms with van der Waals surface area (Å²) >= 11 is 1.36. The van der Waals surface area contributed by atoms with E-state index in [2.05, 4.69) is 36.1 Å². The van der Waals surface area contributed by atoms with E-state index in [1.807, 2.05) is 6.07 Å². The number of nitrogens with one attached hydrogen (secondary N) is 2. The summed E-state index contributed by atoms with van der Waals surface area (Å²) in [7, 11) is 1.80. The van der Waals surface area contributed by atoms with E-state index in [0.29, 0.717) is 28.0 Å². The molecule has 38 heavy (non-hydrogen) atoms. The third-order valence-electron chi connectivity index (χ3n) is 5.37. The number of nitrogens with zero attached hydrogens (tertiary/aromatic N) is 6. The van der Waals surface area contributed by atoms with Gasteiger partial charge >= 0.3 is 0 Å². The Bertz CT molecular complexity index is 1360. The van der Waals surface area contributed by atoms with Crippen LogP contribution in [0.1, 0.15) is 34.8 Å². The topological polar surface area (TPSA) is 137 Å². The molecule has 13 heteroatoms. The van der Waals surface area contributed by atoms with E-state index in [-0.39, 0.29) is 24.7 Å². The molecule has 0 saturated carbocycles. The third-order valence-corrected chi connectivity index (χ3v) is 6.27. The highest BCUT2D eigenvalue weighted by molar-refractivity contribution is 7.15. The number of amides is 2. The minimum absolute atomic E-state index is 0.105. The van der Waals surface area contributed by atoms with Gasteiger partial charge in [0.2, 0.25) is 23.8 Å². The molecular weight excluding hydrogens is 511 g/mol. The number of benzene rings is 1. The predicted molar refractivity (Wildman–Crippen MR) is 140 cm³/mol. The molecule has 1 aromatic carbocycles. The number of rotatable bonds is 13. The van der Waals surface area contributed by atoms with Gasteiger partial charge < -0.3 is 15.4 Å². The molecule has 3 aromatic heterocycles. The lowest BCUT2D eigenvalue weighted by Gasteiger charge is -2.06. The maximum absolute atomic E-state index is 12.3. The van der Waals surface area contributed by atoms with Crippen LogP contribution < -0.4 is 15.4 Å². The Kier molecular flexibility index (Phi) is 9.40. The zero-order chi connectivity index (χ0) is 26.7. The molecular formula is C25H27FN8O3S. The third kappa shape index (κ3) is 8.40. The van der Waals surface area contributed by atoms with Crippen LogP contribution in [0.5, 0.6) is 5.75 Å². The summed E-state index contributed by atoms with van der Waals surface area (Å²) in [5.74, 6) is 0.300. The molecule has 4 rings (SSSR count). The fraction of sp³-hybridized carbons (Fsp3) is 0.320. The number of aryl methyl sites for hydroxylation is 3. The maximum atomic E-state index is 12.3. The van der Waals surface area contributed by atoms with Crippen molar-refractivity contribution >= 4 is 34.1 Å². The van der Waals surface area contributed by atoms with E-state index in [1.165, 1.54) is 11.3 Å². The number of alkyl halides is 1. The Morgan fingerprint density at radius 3 is 2.55 bits per heavy atom. The van der Waals surface area contributed by atoms with Gasteiger partial charge in [-0.15, -0.1) is 15.3 Å². The molecule has 0 saturated heterocycles. The van der Waals surface area contributed by atoms with Crippen LogP contribution in [0.3, 0.4) is 0 Å². The van der Waals surface area contributed by atoms with E-state index in [9.17, 15) is 14.0 Å². The summed E-state index contributed by atoms with van der Waals surface area (Å²) in [5.41, 5.74) is 2.21. The molecule has 0 bridgehead atoms. The van der Waals surface area contributed by atoms with Crippen molar-refractivity contribution in [1.82, 2.24) is 30.2 Å². The standard InChI is InChI=1S/C25H27FN8O3S/c1-34-12-11-19(33-34)15-23(36)28-25-32-31-24(38-25)8-3-2-6-18-9-10-21(30-29-18)27-22(35)14-17-5-4-7-20(13-17)37-16-26/h4-5,7,9-13H,2-3,6,8,14-16H2,1H3,(H,27,30,35)(H,28,32,36). The van der Waals surface area contributed by atoms with Crippen molar-refractivity contribution in [2.75, 3.05) is 17.5 Å². The highest BCUT2D eigenvalue weighted by Gasteiger charge is 2.11. The highest BCUT2D eigenvalue weighted by Crippen LogP contribution is 2.18. The van der Waals surface area contributed by atoms with Gasteiger partial charge in [0.15, 0.2) is 5.82 Å². The first-order chi connectivity index (χ1) is 18.5. The molecule has 2 N–H and O–H groups in total. The number of ether oxygens (including phenoxy) is 1. The number of anilines is 2. The number of halogens is 1. The first-order valence-corrected chi connectivity index (χ1v) is 12.8. The van der Waals surface area contributed by atoms with Gasteiger partial charge in [-0.3, -0.25) is 14.3 Å². The first kappa shape index (κ1) is 26.8. The summed E-state index contributed by atoms with van der Waals surface area (Å²) in [6, 6.07) is 12.1. The van der Waals surface area contributed by atoms with Gasteiger partial charge in [-0.2, -0.15) is 10.2 Å². The molecule has 0 unspecified atom stereocenters. The highest BCUT2D eigenvalue weighted by atomic mass is 32.1. The van der Waals surface area contributed by atoms with Gasteiger partial charge in [0.05, 0.1) is 24.2 Å². The normalized spacial score (nSPS) is 10.8. The monoisotopic (exact) mass is 538 g/mol. The van der Waals surface area contributed by atoms with E-state index in [0.717, 1.165) is 36.4 Å². The molecule has 0 fully saturated rings. The average Bonchev–Trinajstić information content (AvgIpc) is 3.51. The van der Waals surface area contributed by atoms with Crippen LogP contribution in [0.2, 0.25) is 0 Å². The maximum Gasteiger partial charge on any atom is 0.232 e. The van der Waals surface area contributed by atoms with Gasteiger partial charge in [-0.1, -0.05) is 23.5 Å². The van der Waals surface area contributed by atoms with Crippen molar-refractivity contribution in [3.63, 3.8) is 0 Å². The van der Waals surface area contributed by atoms with E-state index < -0.39 is 6.86 Å². The van der Waals surface area contributed by atoms with Crippen LogP contribution in [0.15, 0.2) is 48.7 Å². The summed E-state index contributed by atoms with van der Waals surface area (Å²) < 4.78 is 18.8. The second kappa shape index (κ2) is 13.3. The van der Waals surface area contributed by atoms with Crippen molar-refractivity contribution < 1.29 is 18.7 Å². The molecule has 198 valence electrons. The molecule has 0 spiro atoms. The Morgan fingerprint density at radius 2 is 1.79 bits per heavy atom. The van der Waals surface area contributed by atoms with Crippen LogP contribution in [-0.2, 0) is 42.3 Å². The Morgan fingerprint density at radius 1 is 0.947 bits per heavy atom. The summed E-state index contributed by atoms with van der Waals surface area (Å²) in [5, 5.41) is 27.5. The molecule has 11 nitrogen and oxygen atoms in total. The smallest absolute Gasteiger partial charge is 0.232 e. The zero-order valence-corrected chi connectivity index (χ0v) is 21.6. The van der Waals surface area contributed by atoms with Gasteiger partial charge in [-0.25, -0.2) is 4.39 Å². The Labute approximate surface area is 222 Å². The molecule has 0 radical (unpaired) electrons. The van der Waals surface area contributed by atoms with Crippen molar-refractivity contribution in [1.29, 1.82) is 0 Å². The molecule has 4 aromatic rings. The second-order valence-corrected chi connectivity index (χ2v) is 9.51. The summed E-state index contributed by atoms with van der Waals surface area (Å²) in [6.45, 7) is -0.923. The molecule has 0 aliphatic carbocycles. The minimum atomic E-state index is -0.923. The van der Waals surface area contributed by atoms with Crippen LogP contribution >= 0.6 is 11.3 Å². The van der Waals surface area contributed by atoms with Crippen molar-refractivity contribution in [2.45, 2.75) is 38.5 Å². The van der Waals surface area contributed by atoms with Crippen LogP contribution in [0.4, 0.5) is 15.3 Å². The fourth-order valence-electron chi connectivity index (χ4n) is 3.61. The van der Waals surface area contributed by atoms with Gasteiger partial charge in [-0.05, 0) is 55.2 Å². The zero-order valence-electron chi connectivity index (χ0n) is 20.8. The number of unbranched alkanes of at least 4 members (excludes halogenated alkanes) is 1. The number of carbonyl (C=O) groups excluding carboxylic acids is 2. The van der Waals surface area contributed by atoms with E-state index in [4.69, 9.17) is 4.74 Å². The molecule has 0 aliphatic heterocycles. The Hall–Kier alpha value is -4.26.